The summed E-state index contributed by atoms with van der Waals surface area (Å²) in [5, 5.41) is 12.4. The third-order valence-corrected chi connectivity index (χ3v) is 7.66. The Hall–Kier alpha value is -3.75. The van der Waals surface area contributed by atoms with Crippen molar-refractivity contribution >= 4 is 45.7 Å². The number of amides is 1. The van der Waals surface area contributed by atoms with Crippen LogP contribution in [0.2, 0.25) is 5.02 Å². The fraction of sp³-hybridized carbons (Fsp3) is 0.179. The van der Waals surface area contributed by atoms with E-state index in [0.29, 0.717) is 29.8 Å². The molecule has 3 heterocycles. The minimum absolute atomic E-state index is 0.0859. The Balaban J connectivity index is 1.21. The van der Waals surface area contributed by atoms with Gasteiger partial charge < -0.3 is 14.2 Å². The lowest BCUT2D eigenvalue weighted by atomic mass is 10.1. The number of thioether (sulfide) groups is 1. The number of halogens is 1. The number of carbonyl (C=O) groups is 1. The Morgan fingerprint density at radius 3 is 2.54 bits per heavy atom. The number of aromatic nitrogens is 3. The van der Waals surface area contributed by atoms with Gasteiger partial charge >= 0.3 is 0 Å². The summed E-state index contributed by atoms with van der Waals surface area (Å²) in [4.78, 5) is 17.3. The normalized spacial score (nSPS) is 13.9. The van der Waals surface area contributed by atoms with E-state index in [1.54, 1.807) is 6.26 Å². The first-order valence-electron chi connectivity index (χ1n) is 12.1. The van der Waals surface area contributed by atoms with Crippen molar-refractivity contribution in [2.45, 2.75) is 5.16 Å². The fourth-order valence-electron chi connectivity index (χ4n) is 4.65. The molecule has 0 N–H and O–H groups in total. The van der Waals surface area contributed by atoms with Crippen LogP contribution in [0, 0.1) is 0 Å². The predicted molar refractivity (Wildman–Crippen MR) is 148 cm³/mol. The molecule has 0 radical (unpaired) electrons. The Bertz CT molecular complexity index is 1540. The summed E-state index contributed by atoms with van der Waals surface area (Å²) in [5.41, 5.74) is 2.03. The predicted octanol–water partition coefficient (Wildman–Crippen LogP) is 5.77. The lowest BCUT2D eigenvalue weighted by Gasteiger charge is -2.36. The monoisotopic (exact) mass is 529 g/mol. The molecular weight excluding hydrogens is 506 g/mol. The molecule has 0 atom stereocenters. The molecule has 0 spiro atoms. The highest BCUT2D eigenvalue weighted by Crippen LogP contribution is 2.32. The second-order valence-electron chi connectivity index (χ2n) is 8.75. The molecule has 1 fully saturated rings. The molecule has 7 nitrogen and oxygen atoms in total. The topological polar surface area (TPSA) is 67.4 Å². The first kappa shape index (κ1) is 23.6. The van der Waals surface area contributed by atoms with Crippen LogP contribution in [0.25, 0.3) is 28.0 Å². The quantitative estimate of drug-likeness (QED) is 0.260. The van der Waals surface area contributed by atoms with Gasteiger partial charge in [0.25, 0.3) is 0 Å². The zero-order valence-corrected chi connectivity index (χ0v) is 21.5. The summed E-state index contributed by atoms with van der Waals surface area (Å²) in [7, 11) is 0. The van der Waals surface area contributed by atoms with E-state index < -0.39 is 0 Å². The maximum absolute atomic E-state index is 13.2. The van der Waals surface area contributed by atoms with Crippen molar-refractivity contribution in [1.29, 1.82) is 0 Å². The molecular formula is C28H24ClN5O2S. The van der Waals surface area contributed by atoms with Gasteiger partial charge in [-0.25, -0.2) is 0 Å². The third-order valence-electron chi connectivity index (χ3n) is 6.51. The molecule has 186 valence electrons. The first-order chi connectivity index (χ1) is 18.2. The van der Waals surface area contributed by atoms with E-state index in [0.717, 1.165) is 40.3 Å². The molecule has 0 unspecified atom stereocenters. The van der Waals surface area contributed by atoms with Crippen LogP contribution in [-0.4, -0.2) is 57.5 Å². The minimum Gasteiger partial charge on any atom is -0.461 e. The van der Waals surface area contributed by atoms with Gasteiger partial charge in [-0.3, -0.25) is 9.36 Å². The maximum Gasteiger partial charge on any atom is 0.233 e. The second-order valence-corrected chi connectivity index (χ2v) is 10.1. The van der Waals surface area contributed by atoms with Crippen molar-refractivity contribution in [3.05, 3.63) is 90.1 Å². The van der Waals surface area contributed by atoms with E-state index in [9.17, 15) is 4.79 Å². The molecule has 3 aromatic carbocycles. The molecule has 6 rings (SSSR count). The number of furan rings is 1. The zero-order valence-electron chi connectivity index (χ0n) is 20.0. The highest BCUT2D eigenvalue weighted by atomic mass is 35.5. The van der Waals surface area contributed by atoms with Gasteiger partial charge in [0.1, 0.15) is 0 Å². The highest BCUT2D eigenvalue weighted by molar-refractivity contribution is 7.99. The van der Waals surface area contributed by atoms with E-state index in [4.69, 9.17) is 16.0 Å². The lowest BCUT2D eigenvalue weighted by molar-refractivity contribution is -0.128. The van der Waals surface area contributed by atoms with Crippen LogP contribution in [0.3, 0.4) is 0 Å². The highest BCUT2D eigenvalue weighted by Gasteiger charge is 2.24. The Morgan fingerprint density at radius 1 is 0.919 bits per heavy atom. The second kappa shape index (κ2) is 10.3. The van der Waals surface area contributed by atoms with Gasteiger partial charge in [-0.15, -0.1) is 10.2 Å². The van der Waals surface area contributed by atoms with Crippen LogP contribution in [0.4, 0.5) is 5.69 Å². The smallest absolute Gasteiger partial charge is 0.233 e. The SMILES string of the molecule is O=C(CSc1nnc(-c2ccco2)n1-c1cccc2ccccc12)N1CCN(c2cccc(Cl)c2)CC1. The standard InChI is InChI=1S/C28H24ClN5O2S/c29-21-8-4-9-22(18-21)32-13-15-33(16-14-32)26(35)19-37-28-31-30-27(25-12-5-17-36-25)34(28)24-11-3-7-20-6-1-2-10-23(20)24/h1-12,17-18H,13-16,19H2. The fourth-order valence-corrected chi connectivity index (χ4v) is 5.69. The number of carbonyl (C=O) groups excluding carboxylic acids is 1. The number of fused-ring (bicyclic) bond motifs is 1. The van der Waals surface area contributed by atoms with Crippen LogP contribution in [0.15, 0.2) is 94.7 Å². The van der Waals surface area contributed by atoms with Crippen LogP contribution in [0.1, 0.15) is 0 Å². The summed E-state index contributed by atoms with van der Waals surface area (Å²) < 4.78 is 7.64. The van der Waals surface area contributed by atoms with Gasteiger partial charge in [-0.2, -0.15) is 0 Å². The largest absolute Gasteiger partial charge is 0.461 e. The van der Waals surface area contributed by atoms with E-state index >= 15 is 0 Å². The van der Waals surface area contributed by atoms with Crippen molar-refractivity contribution in [1.82, 2.24) is 19.7 Å². The van der Waals surface area contributed by atoms with Crippen LogP contribution in [-0.2, 0) is 4.79 Å². The van der Waals surface area contributed by atoms with Gasteiger partial charge in [0, 0.05) is 42.3 Å². The summed E-state index contributed by atoms with van der Waals surface area (Å²) in [6.45, 7) is 2.87. The minimum atomic E-state index is 0.0859. The molecule has 2 aromatic heterocycles. The number of hydrogen-bond donors (Lipinski definition) is 0. The number of piperazine rings is 1. The molecule has 0 aliphatic carbocycles. The zero-order chi connectivity index (χ0) is 25.2. The first-order valence-corrected chi connectivity index (χ1v) is 13.4. The molecule has 0 bridgehead atoms. The van der Waals surface area contributed by atoms with Crippen molar-refractivity contribution < 1.29 is 9.21 Å². The van der Waals surface area contributed by atoms with E-state index in [2.05, 4.69) is 39.4 Å². The molecule has 0 saturated carbocycles. The summed E-state index contributed by atoms with van der Waals surface area (Å²) in [5.74, 6) is 1.59. The van der Waals surface area contributed by atoms with Gasteiger partial charge in [0.15, 0.2) is 10.9 Å². The van der Waals surface area contributed by atoms with E-state index in [-0.39, 0.29) is 11.7 Å². The van der Waals surface area contributed by atoms with Crippen molar-refractivity contribution in [3.8, 4) is 17.3 Å². The molecule has 9 heteroatoms. The number of rotatable bonds is 6. The molecule has 1 aliphatic rings. The Morgan fingerprint density at radius 2 is 1.73 bits per heavy atom. The summed E-state index contributed by atoms with van der Waals surface area (Å²) in [6, 6.07) is 25.9. The average Bonchev–Trinajstić information content (AvgIpc) is 3.62. The Kier molecular flexibility index (Phi) is 6.59. The summed E-state index contributed by atoms with van der Waals surface area (Å²) >= 11 is 7.55. The van der Waals surface area contributed by atoms with Gasteiger partial charge in [-0.05, 0) is 41.8 Å². The number of anilines is 1. The van der Waals surface area contributed by atoms with Crippen molar-refractivity contribution in [2.75, 3.05) is 36.8 Å². The van der Waals surface area contributed by atoms with Gasteiger partial charge in [0.2, 0.25) is 11.7 Å². The molecule has 5 aromatic rings. The van der Waals surface area contributed by atoms with Gasteiger partial charge in [-0.1, -0.05) is 65.8 Å². The third kappa shape index (κ3) is 4.82. The number of hydrogen-bond acceptors (Lipinski definition) is 6. The molecule has 1 amide bonds. The number of benzene rings is 3. The van der Waals surface area contributed by atoms with Gasteiger partial charge in [0.05, 0.1) is 17.7 Å². The lowest BCUT2D eigenvalue weighted by Crippen LogP contribution is -2.49. The van der Waals surface area contributed by atoms with E-state index in [1.165, 1.54) is 11.8 Å². The van der Waals surface area contributed by atoms with Crippen LogP contribution in [0.5, 0.6) is 0 Å². The van der Waals surface area contributed by atoms with E-state index in [1.807, 2.05) is 64.1 Å². The molecule has 1 saturated heterocycles. The Labute approximate surface area is 223 Å². The number of nitrogens with zero attached hydrogens (tertiary/aromatic N) is 5. The summed E-state index contributed by atoms with van der Waals surface area (Å²) in [6.07, 6.45) is 1.62. The maximum atomic E-state index is 13.2. The van der Waals surface area contributed by atoms with Crippen LogP contribution < -0.4 is 4.90 Å². The average molecular weight is 530 g/mol. The van der Waals surface area contributed by atoms with Crippen LogP contribution >= 0.6 is 23.4 Å². The van der Waals surface area contributed by atoms with Crippen molar-refractivity contribution in [3.63, 3.8) is 0 Å². The molecule has 37 heavy (non-hydrogen) atoms. The molecule has 1 aliphatic heterocycles. The van der Waals surface area contributed by atoms with Crippen molar-refractivity contribution in [2.24, 2.45) is 0 Å².